The molecule has 0 aliphatic carbocycles. The molecular weight excluding hydrogens is 466 g/mol. The zero-order valence-corrected chi connectivity index (χ0v) is 20.4. The van der Waals surface area contributed by atoms with E-state index < -0.39 is 5.97 Å². The lowest BCUT2D eigenvalue weighted by Gasteiger charge is -2.11. The number of methoxy groups -OCH3 is 2. The van der Waals surface area contributed by atoms with Gasteiger partial charge in [0.05, 0.1) is 31.2 Å². The summed E-state index contributed by atoms with van der Waals surface area (Å²) in [5.74, 6) is -0.921. The van der Waals surface area contributed by atoms with Crippen LogP contribution >= 0.6 is 11.3 Å². The summed E-state index contributed by atoms with van der Waals surface area (Å²) in [7, 11) is 2.76. The number of hydrogen-bond donors (Lipinski definition) is 2. The fourth-order valence-electron chi connectivity index (χ4n) is 3.89. The van der Waals surface area contributed by atoms with Gasteiger partial charge in [-0.05, 0) is 24.5 Å². The van der Waals surface area contributed by atoms with Gasteiger partial charge in [0.25, 0.3) is 0 Å². The van der Waals surface area contributed by atoms with Crippen LogP contribution in [0.15, 0.2) is 54.2 Å². The molecule has 35 heavy (non-hydrogen) atoms. The third-order valence-corrected chi connectivity index (χ3v) is 6.21. The standard InChI is InChI=1S/C25H27N5O4S/c1-33-16-20(31)29-22-19-13-18(27-15-21-26-10-12-35-21)14-28-24(19)30(23(22)25(32)34-2)11-6-9-17-7-4-3-5-8-17/h3-5,7-8,10,12-14,27H,6,9,11,15-16H2,1-2H3,(H,29,31). The van der Waals surface area contributed by atoms with Crippen LogP contribution in [0.2, 0.25) is 0 Å². The molecule has 182 valence electrons. The second-order valence-corrected chi connectivity index (χ2v) is 8.79. The van der Waals surface area contributed by atoms with Crippen LogP contribution in [-0.4, -0.2) is 47.2 Å². The topological polar surface area (TPSA) is 107 Å². The summed E-state index contributed by atoms with van der Waals surface area (Å²) in [4.78, 5) is 34.3. The first-order valence-electron chi connectivity index (χ1n) is 11.2. The van der Waals surface area contributed by atoms with E-state index in [-0.39, 0.29) is 18.2 Å². The molecule has 0 spiro atoms. The lowest BCUT2D eigenvalue weighted by molar-refractivity contribution is -0.119. The van der Waals surface area contributed by atoms with Gasteiger partial charge in [-0.15, -0.1) is 11.3 Å². The van der Waals surface area contributed by atoms with Gasteiger partial charge in [0.1, 0.15) is 17.3 Å². The van der Waals surface area contributed by atoms with Gasteiger partial charge in [0.15, 0.2) is 5.69 Å². The van der Waals surface area contributed by atoms with Crippen molar-refractivity contribution in [1.29, 1.82) is 0 Å². The molecule has 3 heterocycles. The highest BCUT2D eigenvalue weighted by Crippen LogP contribution is 2.33. The number of ether oxygens (including phenoxy) is 2. The van der Waals surface area contributed by atoms with Crippen LogP contribution < -0.4 is 10.6 Å². The van der Waals surface area contributed by atoms with Crippen molar-refractivity contribution in [3.8, 4) is 0 Å². The minimum Gasteiger partial charge on any atom is -0.464 e. The molecule has 1 amide bonds. The molecule has 0 aliphatic rings. The van der Waals surface area contributed by atoms with Crippen molar-refractivity contribution < 1.29 is 19.1 Å². The molecular formula is C25H27N5O4S. The van der Waals surface area contributed by atoms with Crippen molar-refractivity contribution in [2.24, 2.45) is 0 Å². The molecule has 4 aromatic rings. The van der Waals surface area contributed by atoms with Crippen LogP contribution in [0.4, 0.5) is 11.4 Å². The van der Waals surface area contributed by atoms with E-state index in [1.54, 1.807) is 23.7 Å². The maximum absolute atomic E-state index is 12.9. The number of amides is 1. The summed E-state index contributed by atoms with van der Waals surface area (Å²) < 4.78 is 11.9. The van der Waals surface area contributed by atoms with Crippen molar-refractivity contribution in [2.45, 2.75) is 25.9 Å². The molecule has 0 atom stereocenters. The molecule has 0 radical (unpaired) electrons. The quantitative estimate of drug-likeness (QED) is 0.303. The average Bonchev–Trinajstić information content (AvgIpc) is 3.50. The summed E-state index contributed by atoms with van der Waals surface area (Å²) in [6, 6.07) is 12.0. The zero-order chi connectivity index (χ0) is 24.6. The highest BCUT2D eigenvalue weighted by atomic mass is 32.1. The van der Waals surface area contributed by atoms with E-state index in [1.807, 2.05) is 34.2 Å². The third-order valence-electron chi connectivity index (χ3n) is 5.43. The molecule has 9 nitrogen and oxygen atoms in total. The summed E-state index contributed by atoms with van der Waals surface area (Å²) >= 11 is 1.55. The van der Waals surface area contributed by atoms with Gasteiger partial charge >= 0.3 is 5.97 Å². The van der Waals surface area contributed by atoms with E-state index in [0.29, 0.717) is 29.8 Å². The van der Waals surface area contributed by atoms with E-state index in [4.69, 9.17) is 9.47 Å². The Bertz CT molecular complexity index is 1290. The van der Waals surface area contributed by atoms with E-state index in [0.717, 1.165) is 23.5 Å². The van der Waals surface area contributed by atoms with Crippen LogP contribution in [0.1, 0.15) is 27.5 Å². The Morgan fingerprint density at radius 3 is 2.69 bits per heavy atom. The number of thiazole rings is 1. The molecule has 0 bridgehead atoms. The first kappa shape index (κ1) is 24.4. The van der Waals surface area contributed by atoms with E-state index in [1.165, 1.54) is 19.8 Å². The Balaban J connectivity index is 1.71. The maximum atomic E-state index is 12.9. The Morgan fingerprint density at radius 1 is 1.14 bits per heavy atom. The molecule has 0 fully saturated rings. The number of aryl methyl sites for hydroxylation is 2. The lowest BCUT2D eigenvalue weighted by Crippen LogP contribution is -2.20. The normalized spacial score (nSPS) is 10.9. The van der Waals surface area contributed by atoms with Crippen molar-refractivity contribution in [3.63, 3.8) is 0 Å². The summed E-state index contributed by atoms with van der Waals surface area (Å²) in [6.07, 6.45) is 5.07. The zero-order valence-electron chi connectivity index (χ0n) is 19.6. The van der Waals surface area contributed by atoms with Crippen molar-refractivity contribution in [2.75, 3.05) is 31.5 Å². The highest BCUT2D eigenvalue weighted by Gasteiger charge is 2.26. The minimum absolute atomic E-state index is 0.142. The number of pyridine rings is 1. The summed E-state index contributed by atoms with van der Waals surface area (Å²) in [6.45, 7) is 0.920. The fourth-order valence-corrected chi connectivity index (χ4v) is 4.44. The molecule has 2 N–H and O–H groups in total. The minimum atomic E-state index is -0.548. The Kier molecular flexibility index (Phi) is 8.07. The predicted octanol–water partition coefficient (Wildman–Crippen LogP) is 4.11. The van der Waals surface area contributed by atoms with Crippen molar-refractivity contribution >= 4 is 45.6 Å². The number of rotatable bonds is 11. The fraction of sp³-hybridized carbons (Fsp3) is 0.280. The van der Waals surface area contributed by atoms with E-state index in [9.17, 15) is 9.59 Å². The number of hydrogen-bond acceptors (Lipinski definition) is 8. The molecule has 0 aliphatic heterocycles. The smallest absolute Gasteiger partial charge is 0.356 e. The first-order valence-corrected chi connectivity index (χ1v) is 12.0. The molecule has 3 aromatic heterocycles. The van der Waals surface area contributed by atoms with Crippen LogP contribution in [0.5, 0.6) is 0 Å². The average molecular weight is 494 g/mol. The highest BCUT2D eigenvalue weighted by molar-refractivity contribution is 7.09. The number of aromatic nitrogens is 3. The molecule has 0 unspecified atom stereocenters. The van der Waals surface area contributed by atoms with Crippen LogP contribution in [0, 0.1) is 0 Å². The lowest BCUT2D eigenvalue weighted by atomic mass is 10.1. The Labute approximate surface area is 207 Å². The third kappa shape index (κ3) is 5.84. The van der Waals surface area contributed by atoms with Crippen LogP contribution in [0.25, 0.3) is 11.0 Å². The van der Waals surface area contributed by atoms with Crippen molar-refractivity contribution in [3.05, 3.63) is 70.4 Å². The Hall–Kier alpha value is -3.76. The second-order valence-electron chi connectivity index (χ2n) is 7.81. The number of fused-ring (bicyclic) bond motifs is 1. The van der Waals surface area contributed by atoms with Gasteiger partial charge in [-0.3, -0.25) is 4.79 Å². The largest absolute Gasteiger partial charge is 0.464 e. The monoisotopic (exact) mass is 493 g/mol. The summed E-state index contributed by atoms with van der Waals surface area (Å²) in [5, 5.41) is 9.63. The van der Waals surface area contributed by atoms with E-state index >= 15 is 0 Å². The number of benzene rings is 1. The molecule has 10 heteroatoms. The predicted molar refractivity (Wildman–Crippen MR) is 136 cm³/mol. The van der Waals surface area contributed by atoms with E-state index in [2.05, 4.69) is 32.7 Å². The number of carbonyl (C=O) groups is 2. The molecule has 0 saturated carbocycles. The number of nitrogens with zero attached hydrogens (tertiary/aromatic N) is 3. The van der Waals surface area contributed by atoms with Gasteiger partial charge in [0.2, 0.25) is 5.91 Å². The van der Waals surface area contributed by atoms with Gasteiger partial charge in [-0.2, -0.15) is 0 Å². The first-order chi connectivity index (χ1) is 17.1. The van der Waals surface area contributed by atoms with Crippen LogP contribution in [-0.2, 0) is 33.8 Å². The van der Waals surface area contributed by atoms with Crippen LogP contribution in [0.3, 0.4) is 0 Å². The Morgan fingerprint density at radius 2 is 1.97 bits per heavy atom. The molecule has 0 saturated heterocycles. The maximum Gasteiger partial charge on any atom is 0.356 e. The number of nitrogens with one attached hydrogen (secondary N) is 2. The number of carbonyl (C=O) groups excluding carboxylic acids is 2. The SMILES string of the molecule is COCC(=O)Nc1c(C(=O)OC)n(CCCc2ccccc2)c2ncc(NCc3nccs3)cc12. The molecule has 1 aromatic carbocycles. The summed E-state index contributed by atoms with van der Waals surface area (Å²) in [5.41, 5.74) is 3.15. The van der Waals surface area contributed by atoms with Gasteiger partial charge in [-0.1, -0.05) is 30.3 Å². The second kappa shape index (κ2) is 11.6. The van der Waals surface area contributed by atoms with Gasteiger partial charge < -0.3 is 24.7 Å². The van der Waals surface area contributed by atoms with Gasteiger partial charge in [-0.25, -0.2) is 14.8 Å². The number of esters is 1. The van der Waals surface area contributed by atoms with Crippen molar-refractivity contribution in [1.82, 2.24) is 14.5 Å². The van der Waals surface area contributed by atoms with Gasteiger partial charge in [0, 0.05) is 30.6 Å². The number of anilines is 2. The molecule has 4 rings (SSSR count).